The molecule has 208 valence electrons. The molecule has 0 saturated carbocycles. The first-order valence-electron chi connectivity index (χ1n) is 13.9. The zero-order valence-electron chi connectivity index (χ0n) is 23.3. The number of nitrogens with zero attached hydrogens (tertiary/aromatic N) is 2. The molecule has 0 aromatic carbocycles. The molecule has 3 heterocycles. The maximum absolute atomic E-state index is 14.3. The molecule has 0 aromatic rings. The number of aliphatic hydroxyl groups is 1. The van der Waals surface area contributed by atoms with Crippen molar-refractivity contribution in [1.82, 2.24) is 9.80 Å². The highest BCUT2D eigenvalue weighted by molar-refractivity contribution is 5.98. The molecule has 1 spiro atoms. The minimum Gasteiger partial charge on any atom is -0.465 e. The van der Waals surface area contributed by atoms with Crippen molar-refractivity contribution in [2.75, 3.05) is 19.8 Å². The second-order valence-corrected chi connectivity index (χ2v) is 11.4. The standard InChI is InChI=1S/C29H46N2O6/c1-8-11-12-13-17-36-27(35)23-22-25(33)31(21(18-32)20(6)10-3)24(26(34)30(16-9-2)19(4)5)29(22)15-14-28(23,7)37-29/h8-9,19-24,32H,1-2,10-18H2,3-7H3/t20-,21-,22-,23+,24?,28-,29?/m0/s1. The molecule has 3 saturated heterocycles. The quantitative estimate of drug-likeness (QED) is 0.215. The number of fused-ring (bicyclic) bond motifs is 1. The molecule has 3 aliphatic rings. The molecule has 8 nitrogen and oxygen atoms in total. The molecule has 0 aliphatic carbocycles. The number of esters is 1. The van der Waals surface area contributed by atoms with E-state index in [9.17, 15) is 19.5 Å². The SMILES string of the molecule is C=CCCCCOC(=O)[C@H]1[C@H]2C(=O)N([C@@H](CO)[C@@H](C)CC)C(C(=O)N(CC=C)C(C)C)C23CC[C@]1(C)O3. The van der Waals surface area contributed by atoms with Crippen LogP contribution in [0.4, 0.5) is 0 Å². The van der Waals surface area contributed by atoms with Crippen molar-refractivity contribution in [2.24, 2.45) is 17.8 Å². The Hall–Kier alpha value is -2.19. The van der Waals surface area contributed by atoms with Crippen LogP contribution in [0, 0.1) is 17.8 Å². The fourth-order valence-electron chi connectivity index (χ4n) is 6.68. The molecule has 2 unspecified atom stereocenters. The number of aliphatic hydroxyl groups excluding tert-OH is 1. The molecule has 37 heavy (non-hydrogen) atoms. The third kappa shape index (κ3) is 4.99. The normalized spacial score (nSPS) is 31.8. The molecule has 7 atom stereocenters. The summed E-state index contributed by atoms with van der Waals surface area (Å²) < 4.78 is 12.3. The van der Waals surface area contributed by atoms with Gasteiger partial charge in [0.1, 0.15) is 17.6 Å². The van der Waals surface area contributed by atoms with Gasteiger partial charge in [0.05, 0.1) is 30.8 Å². The predicted octanol–water partition coefficient (Wildman–Crippen LogP) is 3.48. The van der Waals surface area contributed by atoms with Crippen molar-refractivity contribution in [3.05, 3.63) is 25.3 Å². The van der Waals surface area contributed by atoms with Gasteiger partial charge in [0.15, 0.2) is 0 Å². The van der Waals surface area contributed by atoms with Crippen LogP contribution < -0.4 is 0 Å². The van der Waals surface area contributed by atoms with Crippen molar-refractivity contribution in [2.45, 2.75) is 102 Å². The summed E-state index contributed by atoms with van der Waals surface area (Å²) in [6.07, 6.45) is 7.71. The number of amides is 2. The predicted molar refractivity (Wildman–Crippen MR) is 141 cm³/mol. The van der Waals surface area contributed by atoms with E-state index in [1.807, 2.05) is 40.7 Å². The van der Waals surface area contributed by atoms with Crippen LogP contribution in [-0.2, 0) is 23.9 Å². The average molecular weight is 519 g/mol. The minimum atomic E-state index is -1.13. The van der Waals surface area contributed by atoms with Crippen molar-refractivity contribution in [1.29, 1.82) is 0 Å². The Morgan fingerprint density at radius 2 is 1.95 bits per heavy atom. The van der Waals surface area contributed by atoms with E-state index in [4.69, 9.17) is 9.47 Å². The van der Waals surface area contributed by atoms with Gasteiger partial charge in [-0.15, -0.1) is 13.2 Å². The number of hydrogen-bond donors (Lipinski definition) is 1. The lowest BCUT2D eigenvalue weighted by Crippen LogP contribution is -2.60. The van der Waals surface area contributed by atoms with E-state index >= 15 is 0 Å². The van der Waals surface area contributed by atoms with Gasteiger partial charge in [-0.25, -0.2) is 0 Å². The maximum atomic E-state index is 14.3. The van der Waals surface area contributed by atoms with E-state index in [-0.39, 0.29) is 37.0 Å². The summed E-state index contributed by atoms with van der Waals surface area (Å²) in [5.41, 5.74) is -2.01. The van der Waals surface area contributed by atoms with Gasteiger partial charge in [0.2, 0.25) is 11.8 Å². The van der Waals surface area contributed by atoms with Gasteiger partial charge in [-0.2, -0.15) is 0 Å². The molecule has 2 amide bonds. The molecule has 3 fully saturated rings. The summed E-state index contributed by atoms with van der Waals surface area (Å²) in [7, 11) is 0. The van der Waals surface area contributed by atoms with Crippen LogP contribution in [0.2, 0.25) is 0 Å². The highest BCUT2D eigenvalue weighted by Gasteiger charge is 2.79. The summed E-state index contributed by atoms with van der Waals surface area (Å²) in [5.74, 6) is -2.63. The summed E-state index contributed by atoms with van der Waals surface area (Å²) in [5, 5.41) is 10.4. The monoisotopic (exact) mass is 518 g/mol. The molecule has 3 aliphatic heterocycles. The second kappa shape index (κ2) is 11.7. The Morgan fingerprint density at radius 3 is 2.51 bits per heavy atom. The highest BCUT2D eigenvalue weighted by atomic mass is 16.6. The molecule has 1 N–H and O–H groups in total. The van der Waals surface area contributed by atoms with E-state index in [0.29, 0.717) is 25.8 Å². The molecule has 8 heteroatoms. The summed E-state index contributed by atoms with van der Waals surface area (Å²) in [6, 6.07) is -1.61. The number of carbonyl (C=O) groups is 3. The number of rotatable bonds is 14. The van der Waals surface area contributed by atoms with Gasteiger partial charge >= 0.3 is 5.97 Å². The smallest absolute Gasteiger partial charge is 0.312 e. The average Bonchev–Trinajstić information content (AvgIpc) is 3.43. The molecule has 0 radical (unpaired) electrons. The first-order valence-corrected chi connectivity index (χ1v) is 13.9. The Kier molecular flexibility index (Phi) is 9.27. The fourth-order valence-corrected chi connectivity index (χ4v) is 6.68. The topological polar surface area (TPSA) is 96.4 Å². The molecule has 0 aromatic heterocycles. The lowest BCUT2D eigenvalue weighted by molar-refractivity contribution is -0.163. The van der Waals surface area contributed by atoms with Gasteiger partial charge in [0.25, 0.3) is 0 Å². The van der Waals surface area contributed by atoms with E-state index in [1.165, 1.54) is 0 Å². The highest BCUT2D eigenvalue weighted by Crippen LogP contribution is 2.64. The fraction of sp³-hybridized carbons (Fsp3) is 0.759. The third-order valence-electron chi connectivity index (χ3n) is 8.83. The summed E-state index contributed by atoms with van der Waals surface area (Å²) >= 11 is 0. The summed E-state index contributed by atoms with van der Waals surface area (Å²) in [4.78, 5) is 45.2. The van der Waals surface area contributed by atoms with Crippen molar-refractivity contribution >= 4 is 17.8 Å². The molecular formula is C29H46N2O6. The molecule has 2 bridgehead atoms. The largest absolute Gasteiger partial charge is 0.465 e. The van der Waals surface area contributed by atoms with Crippen LogP contribution in [0.25, 0.3) is 0 Å². The Bertz CT molecular complexity index is 890. The first kappa shape index (κ1) is 29.4. The van der Waals surface area contributed by atoms with E-state index in [0.717, 1.165) is 19.3 Å². The van der Waals surface area contributed by atoms with Gasteiger partial charge in [-0.1, -0.05) is 32.4 Å². The third-order valence-corrected chi connectivity index (χ3v) is 8.83. The molecular weight excluding hydrogens is 472 g/mol. The van der Waals surface area contributed by atoms with E-state index < -0.39 is 41.1 Å². The number of allylic oxidation sites excluding steroid dienone is 1. The van der Waals surface area contributed by atoms with Crippen LogP contribution in [0.1, 0.15) is 73.1 Å². The number of ether oxygens (including phenoxy) is 2. The van der Waals surface area contributed by atoms with Crippen LogP contribution >= 0.6 is 0 Å². The minimum absolute atomic E-state index is 0.0468. The van der Waals surface area contributed by atoms with Crippen LogP contribution in [0.3, 0.4) is 0 Å². The van der Waals surface area contributed by atoms with Gasteiger partial charge in [0, 0.05) is 12.6 Å². The van der Waals surface area contributed by atoms with Crippen LogP contribution in [0.5, 0.6) is 0 Å². The Labute approximate surface area is 222 Å². The number of carbonyl (C=O) groups excluding carboxylic acids is 3. The lowest BCUT2D eigenvalue weighted by atomic mass is 9.66. The zero-order valence-corrected chi connectivity index (χ0v) is 23.3. The Balaban J connectivity index is 2.04. The lowest BCUT2D eigenvalue weighted by Gasteiger charge is -2.42. The molecule has 3 rings (SSSR count). The first-order chi connectivity index (χ1) is 17.5. The second-order valence-electron chi connectivity index (χ2n) is 11.4. The summed E-state index contributed by atoms with van der Waals surface area (Å²) in [6.45, 7) is 17.5. The van der Waals surface area contributed by atoms with Crippen molar-refractivity contribution in [3.63, 3.8) is 0 Å². The number of unbranched alkanes of at least 4 members (excludes halogenated alkanes) is 2. The zero-order chi connectivity index (χ0) is 27.5. The van der Waals surface area contributed by atoms with Crippen molar-refractivity contribution < 1.29 is 29.0 Å². The maximum Gasteiger partial charge on any atom is 0.312 e. The van der Waals surface area contributed by atoms with Crippen molar-refractivity contribution in [3.8, 4) is 0 Å². The van der Waals surface area contributed by atoms with E-state index in [1.54, 1.807) is 15.9 Å². The number of likely N-dealkylation sites (tertiary alicyclic amines) is 1. The van der Waals surface area contributed by atoms with E-state index in [2.05, 4.69) is 13.2 Å². The Morgan fingerprint density at radius 1 is 1.24 bits per heavy atom. The van der Waals surface area contributed by atoms with Crippen LogP contribution in [0.15, 0.2) is 25.3 Å². The van der Waals surface area contributed by atoms with Gasteiger partial charge < -0.3 is 24.4 Å². The van der Waals surface area contributed by atoms with Crippen LogP contribution in [-0.4, -0.2) is 81.8 Å². The van der Waals surface area contributed by atoms with Gasteiger partial charge in [-0.3, -0.25) is 14.4 Å². The van der Waals surface area contributed by atoms with Gasteiger partial charge in [-0.05, 0) is 58.8 Å². The number of hydrogen-bond acceptors (Lipinski definition) is 6.